The van der Waals surface area contributed by atoms with Crippen molar-refractivity contribution in [1.29, 1.82) is 0 Å². The minimum atomic E-state index is -1.13. The maximum absolute atomic E-state index is 10.7. The van der Waals surface area contributed by atoms with Crippen molar-refractivity contribution in [2.45, 2.75) is 6.04 Å². The normalized spacial score (nSPS) is 11.8. The summed E-state index contributed by atoms with van der Waals surface area (Å²) in [6.45, 7) is 3.13. The molecule has 0 fully saturated rings. The van der Waals surface area contributed by atoms with Gasteiger partial charge in [0.2, 0.25) is 5.91 Å². The highest BCUT2D eigenvalue weighted by Crippen LogP contribution is 1.85. The second-order valence-corrected chi connectivity index (χ2v) is 2.06. The molecule has 0 aromatic rings. The molecule has 1 atom stereocenters. The van der Waals surface area contributed by atoms with E-state index in [0.29, 0.717) is 0 Å². The maximum atomic E-state index is 10.7. The number of carboxylic acids is 1. The number of hydrogen-bond acceptors (Lipinski definition) is 3. The van der Waals surface area contributed by atoms with Gasteiger partial charge in [0.05, 0.1) is 6.61 Å². The number of rotatable bonds is 5. The van der Waals surface area contributed by atoms with Crippen LogP contribution in [0.2, 0.25) is 0 Å². The molecule has 0 bridgehead atoms. The smallest absolute Gasteiger partial charge is 0.328 e. The number of nitrogens with one attached hydrogen (secondary N) is 1. The first-order chi connectivity index (χ1) is 5.61. The Kier molecular flexibility index (Phi) is 4.71. The van der Waals surface area contributed by atoms with Gasteiger partial charge in [-0.15, -0.1) is 0 Å². The van der Waals surface area contributed by atoms with Gasteiger partial charge in [-0.05, 0) is 6.08 Å². The number of aliphatic carboxylic acids is 1. The first-order valence-corrected chi connectivity index (χ1v) is 3.26. The molecule has 0 saturated carbocycles. The summed E-state index contributed by atoms with van der Waals surface area (Å²) in [6, 6.07) is -1.01. The highest BCUT2D eigenvalue weighted by molar-refractivity contribution is 5.90. The molecule has 1 amide bonds. The van der Waals surface area contributed by atoms with Crippen molar-refractivity contribution in [3.8, 4) is 0 Å². The third kappa shape index (κ3) is 3.72. The zero-order valence-electron chi connectivity index (χ0n) is 6.74. The number of carbonyl (C=O) groups is 2. The van der Waals surface area contributed by atoms with Gasteiger partial charge in [-0.2, -0.15) is 0 Å². The second-order valence-electron chi connectivity index (χ2n) is 2.06. The lowest BCUT2D eigenvalue weighted by atomic mass is 10.3. The molecule has 0 aromatic carbocycles. The van der Waals surface area contributed by atoms with Gasteiger partial charge in [0.25, 0.3) is 0 Å². The quantitative estimate of drug-likeness (QED) is 0.544. The van der Waals surface area contributed by atoms with E-state index in [1.54, 1.807) is 0 Å². The third-order valence-electron chi connectivity index (χ3n) is 1.13. The van der Waals surface area contributed by atoms with Gasteiger partial charge in [0, 0.05) is 7.11 Å². The lowest BCUT2D eigenvalue weighted by Crippen LogP contribution is -2.43. The van der Waals surface area contributed by atoms with Gasteiger partial charge in [0.1, 0.15) is 0 Å². The summed E-state index contributed by atoms with van der Waals surface area (Å²) >= 11 is 0. The van der Waals surface area contributed by atoms with E-state index in [1.165, 1.54) is 7.11 Å². The van der Waals surface area contributed by atoms with E-state index >= 15 is 0 Å². The molecular weight excluding hydrogens is 162 g/mol. The Bertz CT molecular complexity index is 190. The highest BCUT2D eigenvalue weighted by atomic mass is 16.5. The van der Waals surface area contributed by atoms with E-state index in [2.05, 4.69) is 16.6 Å². The number of ether oxygens (including phenoxy) is 1. The maximum Gasteiger partial charge on any atom is 0.328 e. The van der Waals surface area contributed by atoms with Crippen LogP contribution in [0.25, 0.3) is 0 Å². The molecule has 12 heavy (non-hydrogen) atoms. The average molecular weight is 173 g/mol. The van der Waals surface area contributed by atoms with E-state index in [4.69, 9.17) is 5.11 Å². The molecule has 0 radical (unpaired) electrons. The van der Waals surface area contributed by atoms with Crippen LogP contribution < -0.4 is 5.32 Å². The van der Waals surface area contributed by atoms with Gasteiger partial charge in [-0.25, -0.2) is 4.79 Å². The standard InChI is InChI=1S/C7H11NO4/c1-3-6(9)8-5(4-12-2)7(10)11/h3,5H,1,4H2,2H3,(H,8,9)(H,10,11). The van der Waals surface area contributed by atoms with E-state index in [-0.39, 0.29) is 6.61 Å². The molecule has 2 N–H and O–H groups in total. The summed E-state index contributed by atoms with van der Waals surface area (Å²) in [5.41, 5.74) is 0. The monoisotopic (exact) mass is 173 g/mol. The van der Waals surface area contributed by atoms with Gasteiger partial charge in [0.15, 0.2) is 6.04 Å². The first-order valence-electron chi connectivity index (χ1n) is 3.26. The summed E-state index contributed by atoms with van der Waals surface area (Å²) in [7, 11) is 1.36. The molecule has 0 spiro atoms. The number of amides is 1. The molecule has 0 heterocycles. The number of hydrogen-bond donors (Lipinski definition) is 2. The van der Waals surface area contributed by atoms with Crippen LogP contribution in [0, 0.1) is 0 Å². The zero-order valence-corrected chi connectivity index (χ0v) is 6.74. The van der Waals surface area contributed by atoms with Gasteiger partial charge in [-0.1, -0.05) is 6.58 Å². The molecule has 0 rings (SSSR count). The Balaban J connectivity index is 4.03. The summed E-state index contributed by atoms with van der Waals surface area (Å²) < 4.78 is 4.58. The molecule has 5 heteroatoms. The summed E-state index contributed by atoms with van der Waals surface area (Å²) in [5, 5.41) is 10.7. The van der Waals surface area contributed by atoms with E-state index in [1.807, 2.05) is 0 Å². The summed E-state index contributed by atoms with van der Waals surface area (Å²) in [6.07, 6.45) is 1.01. The Hall–Kier alpha value is -1.36. The van der Waals surface area contributed by atoms with E-state index < -0.39 is 17.9 Å². The van der Waals surface area contributed by atoms with Crippen LogP contribution in [0.4, 0.5) is 0 Å². The molecule has 0 aliphatic carbocycles. The van der Waals surface area contributed by atoms with Crippen molar-refractivity contribution < 1.29 is 19.4 Å². The van der Waals surface area contributed by atoms with Gasteiger partial charge < -0.3 is 15.2 Å². The summed E-state index contributed by atoms with van der Waals surface area (Å²) in [5.74, 6) is -1.66. The average Bonchev–Trinajstić information content (AvgIpc) is 2.03. The number of carbonyl (C=O) groups excluding carboxylic acids is 1. The Morgan fingerprint density at radius 2 is 2.33 bits per heavy atom. The minimum absolute atomic E-state index is 0.0606. The molecule has 5 nitrogen and oxygen atoms in total. The van der Waals surface area contributed by atoms with Crippen LogP contribution in [0.15, 0.2) is 12.7 Å². The Morgan fingerprint density at radius 3 is 2.67 bits per heavy atom. The fraction of sp³-hybridized carbons (Fsp3) is 0.429. The van der Waals surface area contributed by atoms with Gasteiger partial charge in [-0.3, -0.25) is 4.79 Å². The van der Waals surface area contributed by atoms with Crippen LogP contribution in [-0.2, 0) is 14.3 Å². The van der Waals surface area contributed by atoms with E-state index in [9.17, 15) is 9.59 Å². The molecule has 0 aromatic heterocycles. The summed E-state index contributed by atoms with van der Waals surface area (Å²) in [4.78, 5) is 21.1. The lowest BCUT2D eigenvalue weighted by molar-refractivity contribution is -0.142. The van der Waals surface area contributed by atoms with Crippen molar-refractivity contribution in [3.05, 3.63) is 12.7 Å². The Morgan fingerprint density at radius 1 is 1.75 bits per heavy atom. The zero-order chi connectivity index (χ0) is 9.56. The van der Waals surface area contributed by atoms with Crippen molar-refractivity contribution in [1.82, 2.24) is 5.32 Å². The molecule has 1 unspecified atom stereocenters. The van der Waals surface area contributed by atoms with Crippen LogP contribution in [0.5, 0.6) is 0 Å². The topological polar surface area (TPSA) is 75.6 Å². The predicted octanol–water partition coefficient (Wildman–Crippen LogP) is -0.612. The van der Waals surface area contributed by atoms with Crippen molar-refractivity contribution in [3.63, 3.8) is 0 Å². The minimum Gasteiger partial charge on any atom is -0.480 e. The molecule has 0 aliphatic rings. The second kappa shape index (κ2) is 5.31. The Labute approximate surface area is 70.0 Å². The van der Waals surface area contributed by atoms with Gasteiger partial charge >= 0.3 is 5.97 Å². The molecule has 0 saturated heterocycles. The number of carboxylic acid groups (broad SMARTS) is 1. The largest absolute Gasteiger partial charge is 0.480 e. The molecular formula is C7H11NO4. The van der Waals surface area contributed by atoms with Crippen molar-refractivity contribution >= 4 is 11.9 Å². The fourth-order valence-corrected chi connectivity index (χ4v) is 0.572. The third-order valence-corrected chi connectivity index (χ3v) is 1.13. The SMILES string of the molecule is C=CC(=O)NC(COC)C(=O)O. The number of methoxy groups -OCH3 is 1. The first kappa shape index (κ1) is 10.6. The van der Waals surface area contributed by atoms with Crippen molar-refractivity contribution in [2.75, 3.05) is 13.7 Å². The molecule has 0 aliphatic heterocycles. The van der Waals surface area contributed by atoms with E-state index in [0.717, 1.165) is 6.08 Å². The fourth-order valence-electron chi connectivity index (χ4n) is 0.572. The molecule has 68 valence electrons. The predicted molar refractivity (Wildman–Crippen MR) is 41.6 cm³/mol. The van der Waals surface area contributed by atoms with Crippen LogP contribution in [0.1, 0.15) is 0 Å². The highest BCUT2D eigenvalue weighted by Gasteiger charge is 2.17. The van der Waals surface area contributed by atoms with Crippen molar-refractivity contribution in [2.24, 2.45) is 0 Å². The lowest BCUT2D eigenvalue weighted by Gasteiger charge is -2.11. The van der Waals surface area contributed by atoms with Crippen LogP contribution in [0.3, 0.4) is 0 Å². The van der Waals surface area contributed by atoms with Crippen LogP contribution in [-0.4, -0.2) is 36.7 Å². The van der Waals surface area contributed by atoms with Crippen LogP contribution >= 0.6 is 0 Å².